The van der Waals surface area contributed by atoms with Crippen LogP contribution in [0, 0.1) is 11.8 Å². The molecule has 86 valence electrons. The van der Waals surface area contributed by atoms with Crippen molar-refractivity contribution < 1.29 is 14.7 Å². The Bertz CT molecular complexity index is 263. The number of carbonyl (C=O) groups excluding carboxylic acids is 1. The lowest BCUT2D eigenvalue weighted by molar-refractivity contribution is -0.142. The van der Waals surface area contributed by atoms with Crippen LogP contribution in [-0.4, -0.2) is 34.5 Å². The van der Waals surface area contributed by atoms with E-state index >= 15 is 0 Å². The van der Waals surface area contributed by atoms with E-state index in [-0.39, 0.29) is 17.9 Å². The predicted octanol–water partition coefficient (Wildman–Crippen LogP) is 1.35. The second kappa shape index (κ2) is 4.64. The van der Waals surface area contributed by atoms with Gasteiger partial charge >= 0.3 is 5.97 Å². The molecule has 0 aromatic heterocycles. The van der Waals surface area contributed by atoms with Crippen LogP contribution >= 0.6 is 0 Å². The fourth-order valence-corrected chi connectivity index (χ4v) is 1.82. The third kappa shape index (κ3) is 2.70. The number of carboxylic acids is 1. The first-order chi connectivity index (χ1) is 6.99. The third-order valence-corrected chi connectivity index (χ3v) is 2.80. The third-order valence-electron chi connectivity index (χ3n) is 2.80. The van der Waals surface area contributed by atoms with Gasteiger partial charge in [-0.3, -0.25) is 9.59 Å². The molecule has 1 saturated carbocycles. The van der Waals surface area contributed by atoms with Crippen LogP contribution in [0.5, 0.6) is 0 Å². The maximum atomic E-state index is 11.9. The molecule has 0 aliphatic heterocycles. The Morgan fingerprint density at radius 3 is 2.33 bits per heavy atom. The summed E-state index contributed by atoms with van der Waals surface area (Å²) in [4.78, 5) is 24.4. The van der Waals surface area contributed by atoms with Gasteiger partial charge in [-0.2, -0.15) is 0 Å². The summed E-state index contributed by atoms with van der Waals surface area (Å²) in [6.07, 6.45) is 1.43. The van der Waals surface area contributed by atoms with E-state index in [0.717, 1.165) is 13.0 Å². The van der Waals surface area contributed by atoms with Crippen LogP contribution in [0.4, 0.5) is 0 Å². The zero-order valence-corrected chi connectivity index (χ0v) is 9.56. The first-order valence-electron chi connectivity index (χ1n) is 5.52. The fourth-order valence-electron chi connectivity index (χ4n) is 1.82. The lowest BCUT2D eigenvalue weighted by atomic mass is 10.2. The minimum absolute atomic E-state index is 0.0132. The van der Waals surface area contributed by atoms with Crippen LogP contribution in [0.1, 0.15) is 33.6 Å². The standard InChI is InChI=1S/C11H19NO3/c1-4-5-12(7(2)3)10(13)8-6-9(8)11(14)15/h7-9H,4-6H2,1-3H3,(H,14,15)/t8-,9+/m1/s1. The molecule has 2 atom stereocenters. The maximum Gasteiger partial charge on any atom is 0.307 e. The first-order valence-corrected chi connectivity index (χ1v) is 5.52. The van der Waals surface area contributed by atoms with Crippen molar-refractivity contribution in [2.45, 2.75) is 39.7 Å². The molecule has 0 unspecified atom stereocenters. The van der Waals surface area contributed by atoms with E-state index < -0.39 is 11.9 Å². The monoisotopic (exact) mass is 213 g/mol. The summed E-state index contributed by atoms with van der Waals surface area (Å²) in [6.45, 7) is 6.67. The highest BCUT2D eigenvalue weighted by Crippen LogP contribution is 2.40. The minimum Gasteiger partial charge on any atom is -0.481 e. The summed E-state index contributed by atoms with van der Waals surface area (Å²) in [5, 5.41) is 8.75. The second-order valence-corrected chi connectivity index (χ2v) is 4.41. The van der Waals surface area contributed by atoms with E-state index in [4.69, 9.17) is 5.11 Å². The van der Waals surface area contributed by atoms with Gasteiger partial charge in [-0.15, -0.1) is 0 Å². The van der Waals surface area contributed by atoms with Gasteiger partial charge in [0.25, 0.3) is 0 Å². The highest BCUT2D eigenvalue weighted by molar-refractivity contribution is 5.89. The smallest absolute Gasteiger partial charge is 0.307 e. The van der Waals surface area contributed by atoms with Gasteiger partial charge in [0.05, 0.1) is 11.8 Å². The topological polar surface area (TPSA) is 57.6 Å². The number of nitrogens with zero attached hydrogens (tertiary/aromatic N) is 1. The molecule has 0 heterocycles. The van der Waals surface area contributed by atoms with Gasteiger partial charge in [0.2, 0.25) is 5.91 Å². The van der Waals surface area contributed by atoms with Crippen LogP contribution in [-0.2, 0) is 9.59 Å². The van der Waals surface area contributed by atoms with Gasteiger partial charge in [-0.05, 0) is 26.7 Å². The van der Waals surface area contributed by atoms with E-state index in [0.29, 0.717) is 6.42 Å². The Balaban J connectivity index is 2.55. The molecule has 0 aromatic carbocycles. The number of carboxylic acid groups (broad SMARTS) is 1. The molecular formula is C11H19NO3. The van der Waals surface area contributed by atoms with Crippen molar-refractivity contribution in [3.8, 4) is 0 Å². The Hall–Kier alpha value is -1.06. The Morgan fingerprint density at radius 1 is 1.40 bits per heavy atom. The molecule has 0 bridgehead atoms. The second-order valence-electron chi connectivity index (χ2n) is 4.41. The molecule has 0 spiro atoms. The molecule has 0 saturated heterocycles. The molecule has 1 aliphatic carbocycles. The summed E-state index contributed by atoms with van der Waals surface area (Å²) in [5.41, 5.74) is 0. The molecule has 4 heteroatoms. The minimum atomic E-state index is -0.839. The number of hydrogen-bond donors (Lipinski definition) is 1. The number of hydrogen-bond acceptors (Lipinski definition) is 2. The van der Waals surface area contributed by atoms with Crippen molar-refractivity contribution in [1.29, 1.82) is 0 Å². The summed E-state index contributed by atoms with van der Waals surface area (Å²) >= 11 is 0. The van der Waals surface area contributed by atoms with Crippen molar-refractivity contribution in [2.75, 3.05) is 6.54 Å². The molecule has 15 heavy (non-hydrogen) atoms. The zero-order valence-electron chi connectivity index (χ0n) is 9.56. The fraction of sp³-hybridized carbons (Fsp3) is 0.818. The van der Waals surface area contributed by atoms with Crippen LogP contribution in [0.25, 0.3) is 0 Å². The van der Waals surface area contributed by atoms with Crippen molar-refractivity contribution >= 4 is 11.9 Å². The van der Waals surface area contributed by atoms with Crippen LogP contribution < -0.4 is 0 Å². The van der Waals surface area contributed by atoms with E-state index in [9.17, 15) is 9.59 Å². The average molecular weight is 213 g/mol. The van der Waals surface area contributed by atoms with Crippen molar-refractivity contribution in [3.05, 3.63) is 0 Å². The average Bonchev–Trinajstić information content (AvgIpc) is 2.91. The molecule has 1 rings (SSSR count). The summed E-state index contributed by atoms with van der Waals surface area (Å²) < 4.78 is 0. The van der Waals surface area contributed by atoms with E-state index in [2.05, 4.69) is 0 Å². The summed E-state index contributed by atoms with van der Waals surface area (Å²) in [5.74, 6) is -1.53. The van der Waals surface area contributed by atoms with Crippen molar-refractivity contribution in [1.82, 2.24) is 4.90 Å². The molecule has 1 fully saturated rings. The Morgan fingerprint density at radius 2 is 2.00 bits per heavy atom. The molecule has 1 aliphatic rings. The zero-order chi connectivity index (χ0) is 11.6. The van der Waals surface area contributed by atoms with Crippen LogP contribution in [0.2, 0.25) is 0 Å². The summed E-state index contributed by atoms with van der Waals surface area (Å²) in [7, 11) is 0. The lowest BCUT2D eigenvalue weighted by Gasteiger charge is -2.26. The van der Waals surface area contributed by atoms with E-state index in [1.165, 1.54) is 0 Å². The summed E-state index contributed by atoms with van der Waals surface area (Å²) in [6, 6.07) is 0.160. The number of carbonyl (C=O) groups is 2. The van der Waals surface area contributed by atoms with E-state index in [1.54, 1.807) is 4.90 Å². The van der Waals surface area contributed by atoms with Gasteiger partial charge < -0.3 is 10.0 Å². The predicted molar refractivity (Wildman–Crippen MR) is 56.4 cm³/mol. The van der Waals surface area contributed by atoms with Crippen molar-refractivity contribution in [2.24, 2.45) is 11.8 Å². The normalized spacial score (nSPS) is 24.0. The number of aliphatic carboxylic acids is 1. The molecule has 0 aromatic rings. The molecule has 1 N–H and O–H groups in total. The Labute approximate surface area is 90.3 Å². The van der Waals surface area contributed by atoms with Crippen LogP contribution in [0.3, 0.4) is 0 Å². The first kappa shape index (κ1) is 12.0. The molecular weight excluding hydrogens is 194 g/mol. The van der Waals surface area contributed by atoms with Crippen LogP contribution in [0.15, 0.2) is 0 Å². The quantitative estimate of drug-likeness (QED) is 0.750. The largest absolute Gasteiger partial charge is 0.481 e. The molecule has 0 radical (unpaired) electrons. The molecule has 4 nitrogen and oxygen atoms in total. The van der Waals surface area contributed by atoms with Gasteiger partial charge in [0.1, 0.15) is 0 Å². The van der Waals surface area contributed by atoms with Gasteiger partial charge in [0, 0.05) is 12.6 Å². The number of rotatable bonds is 5. The Kier molecular flexibility index (Phi) is 3.72. The van der Waals surface area contributed by atoms with Crippen molar-refractivity contribution in [3.63, 3.8) is 0 Å². The maximum absolute atomic E-state index is 11.9. The highest BCUT2D eigenvalue weighted by Gasteiger charge is 2.49. The lowest BCUT2D eigenvalue weighted by Crippen LogP contribution is -2.39. The van der Waals surface area contributed by atoms with Gasteiger partial charge in [-0.25, -0.2) is 0 Å². The van der Waals surface area contributed by atoms with Gasteiger partial charge in [-0.1, -0.05) is 6.92 Å². The number of amides is 1. The SMILES string of the molecule is CCCN(C(=O)[C@@H]1C[C@@H]1C(=O)O)C(C)C. The molecule has 1 amide bonds. The van der Waals surface area contributed by atoms with E-state index in [1.807, 2.05) is 20.8 Å². The van der Waals surface area contributed by atoms with Gasteiger partial charge in [0.15, 0.2) is 0 Å². The highest BCUT2D eigenvalue weighted by atomic mass is 16.4.